The molecular weight excluding hydrogens is 186 g/mol. The maximum atomic E-state index is 5.47. The molecule has 2 aromatic rings. The van der Waals surface area contributed by atoms with Crippen molar-refractivity contribution >= 4 is 0 Å². The molecule has 0 unspecified atom stereocenters. The predicted octanol–water partition coefficient (Wildman–Crippen LogP) is 2.84. The van der Waals surface area contributed by atoms with Crippen LogP contribution in [-0.2, 0) is 6.42 Å². The number of aryl methyl sites for hydroxylation is 1. The van der Waals surface area contributed by atoms with Crippen LogP contribution in [-0.4, -0.2) is 6.54 Å². The lowest BCUT2D eigenvalue weighted by Crippen LogP contribution is -2.00. The summed E-state index contributed by atoms with van der Waals surface area (Å²) >= 11 is 0. The van der Waals surface area contributed by atoms with Gasteiger partial charge in [-0.15, -0.1) is 0 Å². The zero-order valence-electron chi connectivity index (χ0n) is 8.65. The van der Waals surface area contributed by atoms with E-state index in [0.29, 0.717) is 0 Å². The standard InChI is InChI=1S/C13H15NO/c14-9-1-3-11-5-7-12(8-6-11)13-4-2-10-15-13/h2,4-8,10H,1,3,9,14H2. The first kappa shape index (κ1) is 9.99. The van der Waals surface area contributed by atoms with E-state index >= 15 is 0 Å². The molecule has 0 amide bonds. The maximum absolute atomic E-state index is 5.47. The van der Waals surface area contributed by atoms with Gasteiger partial charge in [-0.1, -0.05) is 24.3 Å². The average Bonchev–Trinajstić information content (AvgIpc) is 2.80. The third kappa shape index (κ3) is 2.48. The molecule has 0 saturated heterocycles. The molecule has 15 heavy (non-hydrogen) atoms. The van der Waals surface area contributed by atoms with E-state index in [1.54, 1.807) is 6.26 Å². The third-order valence-corrected chi connectivity index (χ3v) is 2.43. The highest BCUT2D eigenvalue weighted by Crippen LogP contribution is 2.20. The van der Waals surface area contributed by atoms with Gasteiger partial charge in [0.15, 0.2) is 0 Å². The zero-order valence-corrected chi connectivity index (χ0v) is 8.65. The Balaban J connectivity index is 2.11. The van der Waals surface area contributed by atoms with Crippen molar-refractivity contribution in [1.29, 1.82) is 0 Å². The van der Waals surface area contributed by atoms with Crippen molar-refractivity contribution in [3.05, 3.63) is 48.2 Å². The highest BCUT2D eigenvalue weighted by molar-refractivity contribution is 5.57. The summed E-state index contributed by atoms with van der Waals surface area (Å²) in [5.41, 5.74) is 7.92. The maximum Gasteiger partial charge on any atom is 0.133 e. The molecule has 78 valence electrons. The van der Waals surface area contributed by atoms with Crippen molar-refractivity contribution in [2.24, 2.45) is 5.73 Å². The minimum absolute atomic E-state index is 0.750. The monoisotopic (exact) mass is 201 g/mol. The molecule has 0 aliphatic heterocycles. The highest BCUT2D eigenvalue weighted by atomic mass is 16.3. The van der Waals surface area contributed by atoms with Crippen LogP contribution in [0.15, 0.2) is 47.1 Å². The van der Waals surface area contributed by atoms with E-state index in [9.17, 15) is 0 Å². The van der Waals surface area contributed by atoms with E-state index < -0.39 is 0 Å². The largest absolute Gasteiger partial charge is 0.464 e. The van der Waals surface area contributed by atoms with Crippen LogP contribution in [0.4, 0.5) is 0 Å². The Labute approximate surface area is 89.7 Å². The Morgan fingerprint density at radius 1 is 1.07 bits per heavy atom. The second-order valence-electron chi connectivity index (χ2n) is 3.57. The fourth-order valence-corrected chi connectivity index (χ4v) is 1.58. The molecule has 0 fully saturated rings. The van der Waals surface area contributed by atoms with Crippen molar-refractivity contribution in [2.45, 2.75) is 12.8 Å². The molecule has 0 saturated carbocycles. The molecule has 1 aromatic heterocycles. The van der Waals surface area contributed by atoms with E-state index in [1.165, 1.54) is 5.56 Å². The summed E-state index contributed by atoms with van der Waals surface area (Å²) in [7, 11) is 0. The van der Waals surface area contributed by atoms with E-state index in [1.807, 2.05) is 12.1 Å². The zero-order chi connectivity index (χ0) is 10.5. The quantitative estimate of drug-likeness (QED) is 0.826. The second kappa shape index (κ2) is 4.80. The Hall–Kier alpha value is -1.54. The summed E-state index contributed by atoms with van der Waals surface area (Å²) in [6, 6.07) is 12.3. The average molecular weight is 201 g/mol. The number of furan rings is 1. The first-order valence-electron chi connectivity index (χ1n) is 5.23. The minimum atomic E-state index is 0.750. The van der Waals surface area contributed by atoms with Gasteiger partial charge in [-0.2, -0.15) is 0 Å². The summed E-state index contributed by atoms with van der Waals surface area (Å²) < 4.78 is 5.32. The van der Waals surface area contributed by atoms with Crippen molar-refractivity contribution < 1.29 is 4.42 Å². The Bertz CT molecular complexity index is 389. The summed E-state index contributed by atoms with van der Waals surface area (Å²) in [5.74, 6) is 0.917. The number of hydrogen-bond acceptors (Lipinski definition) is 2. The van der Waals surface area contributed by atoms with Crippen molar-refractivity contribution in [2.75, 3.05) is 6.54 Å². The van der Waals surface area contributed by atoms with Gasteiger partial charge in [-0.3, -0.25) is 0 Å². The van der Waals surface area contributed by atoms with Gasteiger partial charge in [0.2, 0.25) is 0 Å². The minimum Gasteiger partial charge on any atom is -0.464 e. The van der Waals surface area contributed by atoms with Gasteiger partial charge in [0.1, 0.15) is 5.76 Å². The molecule has 0 atom stereocenters. The van der Waals surface area contributed by atoms with Gasteiger partial charge in [-0.05, 0) is 37.1 Å². The number of nitrogens with two attached hydrogens (primary N) is 1. The summed E-state index contributed by atoms with van der Waals surface area (Å²) in [5, 5.41) is 0. The lowest BCUT2D eigenvalue weighted by atomic mass is 10.1. The normalized spacial score (nSPS) is 10.5. The first-order valence-corrected chi connectivity index (χ1v) is 5.23. The number of benzene rings is 1. The topological polar surface area (TPSA) is 39.2 Å². The summed E-state index contributed by atoms with van der Waals surface area (Å²) in [6.45, 7) is 0.750. The second-order valence-corrected chi connectivity index (χ2v) is 3.57. The lowest BCUT2D eigenvalue weighted by molar-refractivity contribution is 0.582. The van der Waals surface area contributed by atoms with E-state index in [4.69, 9.17) is 10.2 Å². The van der Waals surface area contributed by atoms with Crippen LogP contribution in [0.1, 0.15) is 12.0 Å². The van der Waals surface area contributed by atoms with Crippen LogP contribution in [0.3, 0.4) is 0 Å². The molecule has 2 N–H and O–H groups in total. The van der Waals surface area contributed by atoms with Crippen molar-refractivity contribution in [1.82, 2.24) is 0 Å². The van der Waals surface area contributed by atoms with Crippen molar-refractivity contribution in [3.63, 3.8) is 0 Å². The molecule has 1 heterocycles. The van der Waals surface area contributed by atoms with Crippen LogP contribution in [0.2, 0.25) is 0 Å². The first-order chi connectivity index (χ1) is 7.40. The molecule has 0 radical (unpaired) electrons. The van der Waals surface area contributed by atoms with Gasteiger partial charge < -0.3 is 10.2 Å². The number of hydrogen-bond donors (Lipinski definition) is 1. The Kier molecular flexibility index (Phi) is 3.20. The fraction of sp³-hybridized carbons (Fsp3) is 0.231. The molecule has 2 nitrogen and oxygen atoms in total. The van der Waals surface area contributed by atoms with Crippen molar-refractivity contribution in [3.8, 4) is 11.3 Å². The van der Waals surface area contributed by atoms with Crippen LogP contribution in [0.5, 0.6) is 0 Å². The Morgan fingerprint density at radius 2 is 1.87 bits per heavy atom. The molecule has 1 aromatic carbocycles. The predicted molar refractivity (Wildman–Crippen MR) is 61.5 cm³/mol. The summed E-state index contributed by atoms with van der Waals surface area (Å²) in [4.78, 5) is 0. The summed E-state index contributed by atoms with van der Waals surface area (Å²) in [6.07, 6.45) is 3.78. The molecule has 2 heteroatoms. The van der Waals surface area contributed by atoms with Crippen LogP contribution < -0.4 is 5.73 Å². The smallest absolute Gasteiger partial charge is 0.133 e. The molecule has 0 aliphatic rings. The van der Waals surface area contributed by atoms with Gasteiger partial charge in [-0.25, -0.2) is 0 Å². The molecule has 2 rings (SSSR count). The SMILES string of the molecule is NCCCc1ccc(-c2ccco2)cc1. The molecular formula is C13H15NO. The van der Waals surface area contributed by atoms with E-state index in [0.717, 1.165) is 30.7 Å². The molecule has 0 spiro atoms. The van der Waals surface area contributed by atoms with Crippen LogP contribution >= 0.6 is 0 Å². The fourth-order valence-electron chi connectivity index (χ4n) is 1.58. The van der Waals surface area contributed by atoms with E-state index in [-0.39, 0.29) is 0 Å². The van der Waals surface area contributed by atoms with Gasteiger partial charge >= 0.3 is 0 Å². The Morgan fingerprint density at radius 3 is 2.47 bits per heavy atom. The van der Waals surface area contributed by atoms with Gasteiger partial charge in [0.05, 0.1) is 6.26 Å². The van der Waals surface area contributed by atoms with Gasteiger partial charge in [0, 0.05) is 5.56 Å². The van der Waals surface area contributed by atoms with Crippen LogP contribution in [0, 0.1) is 0 Å². The van der Waals surface area contributed by atoms with Gasteiger partial charge in [0.25, 0.3) is 0 Å². The van der Waals surface area contributed by atoms with Crippen LogP contribution in [0.25, 0.3) is 11.3 Å². The lowest BCUT2D eigenvalue weighted by Gasteiger charge is -2.01. The highest BCUT2D eigenvalue weighted by Gasteiger charge is 1.99. The number of rotatable bonds is 4. The molecule has 0 aliphatic carbocycles. The third-order valence-electron chi connectivity index (χ3n) is 2.43. The molecule has 0 bridgehead atoms. The van der Waals surface area contributed by atoms with E-state index in [2.05, 4.69) is 24.3 Å².